The van der Waals surface area contributed by atoms with Gasteiger partial charge in [-0.15, -0.1) is 0 Å². The molecule has 2 aromatic rings. The Hall–Kier alpha value is -2.37. The van der Waals surface area contributed by atoms with Crippen molar-refractivity contribution in [2.45, 2.75) is 19.3 Å². The molecule has 0 saturated carbocycles. The molecule has 6 heteroatoms. The van der Waals surface area contributed by atoms with Crippen LogP contribution >= 0.6 is 0 Å². The maximum Gasteiger partial charge on any atom is 0.339 e. The van der Waals surface area contributed by atoms with Crippen molar-refractivity contribution in [3.63, 3.8) is 0 Å². The molecule has 6 nitrogen and oxygen atoms in total. The highest BCUT2D eigenvalue weighted by atomic mass is 16.4. The van der Waals surface area contributed by atoms with Gasteiger partial charge in [0, 0.05) is 18.9 Å². The molecule has 0 bridgehead atoms. The first-order chi connectivity index (χ1) is 9.13. The third kappa shape index (κ3) is 2.16. The van der Waals surface area contributed by atoms with Crippen molar-refractivity contribution in [1.29, 1.82) is 0 Å². The number of carboxylic acids is 1. The molecule has 0 radical (unpaired) electrons. The largest absolute Gasteiger partial charge is 0.478 e. The van der Waals surface area contributed by atoms with Crippen LogP contribution in [0.1, 0.15) is 28.0 Å². The van der Waals surface area contributed by atoms with E-state index in [-0.39, 0.29) is 5.56 Å². The van der Waals surface area contributed by atoms with Crippen molar-refractivity contribution in [2.24, 2.45) is 7.05 Å². The van der Waals surface area contributed by atoms with E-state index in [2.05, 4.69) is 15.4 Å². The van der Waals surface area contributed by atoms with Crippen molar-refractivity contribution in [3.8, 4) is 0 Å². The van der Waals surface area contributed by atoms with Gasteiger partial charge >= 0.3 is 5.97 Å². The minimum Gasteiger partial charge on any atom is -0.478 e. The number of carboxylic acid groups (broad SMARTS) is 1. The van der Waals surface area contributed by atoms with E-state index in [0.29, 0.717) is 5.82 Å². The zero-order valence-corrected chi connectivity index (χ0v) is 10.6. The molecule has 0 saturated heterocycles. The first-order valence-corrected chi connectivity index (χ1v) is 6.15. The Morgan fingerprint density at radius 1 is 1.47 bits per heavy atom. The Morgan fingerprint density at radius 3 is 3.00 bits per heavy atom. The SMILES string of the molecule is Cn1cc(Nc2nc3c(cc2C(=O)O)CCC3)cn1. The number of carbonyl (C=O) groups is 1. The summed E-state index contributed by atoms with van der Waals surface area (Å²) >= 11 is 0. The van der Waals surface area contributed by atoms with Crippen LogP contribution in [0.4, 0.5) is 11.5 Å². The van der Waals surface area contributed by atoms with Gasteiger partial charge in [0.1, 0.15) is 11.4 Å². The van der Waals surface area contributed by atoms with Crippen LogP contribution < -0.4 is 5.32 Å². The fourth-order valence-electron chi connectivity index (χ4n) is 2.35. The summed E-state index contributed by atoms with van der Waals surface area (Å²) in [7, 11) is 1.80. The van der Waals surface area contributed by atoms with Crippen molar-refractivity contribution >= 4 is 17.5 Å². The van der Waals surface area contributed by atoms with E-state index in [0.717, 1.165) is 36.2 Å². The number of aromatic nitrogens is 3. The number of nitrogens with one attached hydrogen (secondary N) is 1. The second-order valence-corrected chi connectivity index (χ2v) is 4.68. The average molecular weight is 258 g/mol. The summed E-state index contributed by atoms with van der Waals surface area (Å²) in [6.07, 6.45) is 6.28. The summed E-state index contributed by atoms with van der Waals surface area (Å²) < 4.78 is 1.65. The molecule has 2 N–H and O–H groups in total. The lowest BCUT2D eigenvalue weighted by atomic mass is 10.1. The van der Waals surface area contributed by atoms with Gasteiger partial charge in [0.25, 0.3) is 0 Å². The summed E-state index contributed by atoms with van der Waals surface area (Å²) in [6.45, 7) is 0. The molecule has 98 valence electrons. The molecule has 2 heterocycles. The van der Waals surface area contributed by atoms with E-state index in [9.17, 15) is 9.90 Å². The summed E-state index contributed by atoms with van der Waals surface area (Å²) in [4.78, 5) is 15.8. The molecule has 19 heavy (non-hydrogen) atoms. The number of aryl methyl sites for hydroxylation is 3. The molecule has 0 fully saturated rings. The molecular formula is C13H14N4O2. The highest BCUT2D eigenvalue weighted by molar-refractivity contribution is 5.94. The maximum absolute atomic E-state index is 11.3. The zero-order chi connectivity index (χ0) is 13.4. The summed E-state index contributed by atoms with van der Waals surface area (Å²) in [5.74, 6) is -0.574. The monoisotopic (exact) mass is 258 g/mol. The number of fused-ring (bicyclic) bond motifs is 1. The maximum atomic E-state index is 11.3. The van der Waals surface area contributed by atoms with Crippen LogP contribution in [0.5, 0.6) is 0 Å². The molecule has 0 amide bonds. The molecule has 0 atom stereocenters. The van der Waals surface area contributed by atoms with Crippen molar-refractivity contribution < 1.29 is 9.90 Å². The van der Waals surface area contributed by atoms with Crippen LogP contribution in [0.2, 0.25) is 0 Å². The Bertz CT molecular complexity index is 648. The number of nitrogens with zero attached hydrogens (tertiary/aromatic N) is 3. The van der Waals surface area contributed by atoms with E-state index in [4.69, 9.17) is 0 Å². The molecule has 0 aliphatic heterocycles. The van der Waals surface area contributed by atoms with Crippen molar-refractivity contribution in [1.82, 2.24) is 14.8 Å². The van der Waals surface area contributed by atoms with Crippen LogP contribution in [0, 0.1) is 0 Å². The first-order valence-electron chi connectivity index (χ1n) is 6.15. The third-order valence-corrected chi connectivity index (χ3v) is 3.25. The summed E-state index contributed by atoms with van der Waals surface area (Å²) in [6, 6.07) is 1.73. The Morgan fingerprint density at radius 2 is 2.32 bits per heavy atom. The third-order valence-electron chi connectivity index (χ3n) is 3.25. The van der Waals surface area contributed by atoms with Gasteiger partial charge < -0.3 is 10.4 Å². The quantitative estimate of drug-likeness (QED) is 0.876. The second kappa shape index (κ2) is 4.38. The number of anilines is 2. The molecule has 1 aliphatic carbocycles. The van der Waals surface area contributed by atoms with E-state index >= 15 is 0 Å². The number of hydrogen-bond donors (Lipinski definition) is 2. The minimum absolute atomic E-state index is 0.213. The van der Waals surface area contributed by atoms with Crippen LogP contribution in [-0.2, 0) is 19.9 Å². The van der Waals surface area contributed by atoms with Crippen LogP contribution in [0.3, 0.4) is 0 Å². The van der Waals surface area contributed by atoms with Gasteiger partial charge in [-0.25, -0.2) is 9.78 Å². The molecule has 2 aromatic heterocycles. The van der Waals surface area contributed by atoms with E-state index in [1.165, 1.54) is 0 Å². The van der Waals surface area contributed by atoms with E-state index < -0.39 is 5.97 Å². The predicted molar refractivity (Wildman–Crippen MR) is 69.7 cm³/mol. The lowest BCUT2D eigenvalue weighted by Gasteiger charge is -2.09. The average Bonchev–Trinajstić information content (AvgIpc) is 2.96. The fourth-order valence-corrected chi connectivity index (χ4v) is 2.35. The van der Waals surface area contributed by atoms with Crippen LogP contribution in [0.25, 0.3) is 0 Å². The standard InChI is InChI=1S/C13H14N4O2/c1-17-7-9(6-14-17)15-12-10(13(18)19)5-8-3-2-4-11(8)16-12/h5-7H,2-4H2,1H3,(H,15,16)(H,18,19). The highest BCUT2D eigenvalue weighted by Crippen LogP contribution is 2.27. The molecule has 3 rings (SSSR count). The lowest BCUT2D eigenvalue weighted by Crippen LogP contribution is -2.07. The van der Waals surface area contributed by atoms with Gasteiger partial charge in [-0.3, -0.25) is 4.68 Å². The van der Waals surface area contributed by atoms with Gasteiger partial charge in [0.15, 0.2) is 0 Å². The molecule has 0 spiro atoms. The smallest absolute Gasteiger partial charge is 0.339 e. The fraction of sp³-hybridized carbons (Fsp3) is 0.308. The van der Waals surface area contributed by atoms with Gasteiger partial charge in [-0.05, 0) is 30.9 Å². The Balaban J connectivity index is 2.01. The first kappa shape index (κ1) is 11.7. The van der Waals surface area contributed by atoms with Crippen molar-refractivity contribution in [2.75, 3.05) is 5.32 Å². The van der Waals surface area contributed by atoms with Gasteiger partial charge in [0.2, 0.25) is 0 Å². The number of rotatable bonds is 3. The van der Waals surface area contributed by atoms with Crippen LogP contribution in [-0.4, -0.2) is 25.8 Å². The number of aromatic carboxylic acids is 1. The van der Waals surface area contributed by atoms with Gasteiger partial charge in [0.05, 0.1) is 11.9 Å². The zero-order valence-electron chi connectivity index (χ0n) is 10.6. The normalized spacial score (nSPS) is 13.3. The number of pyridine rings is 1. The van der Waals surface area contributed by atoms with Crippen LogP contribution in [0.15, 0.2) is 18.5 Å². The van der Waals surface area contributed by atoms with Crippen molar-refractivity contribution in [3.05, 3.63) is 35.3 Å². The van der Waals surface area contributed by atoms with E-state index in [1.54, 1.807) is 30.2 Å². The van der Waals surface area contributed by atoms with Gasteiger partial charge in [-0.1, -0.05) is 0 Å². The van der Waals surface area contributed by atoms with E-state index in [1.807, 2.05) is 0 Å². The minimum atomic E-state index is -0.964. The molecule has 0 unspecified atom stereocenters. The topological polar surface area (TPSA) is 80.0 Å². The lowest BCUT2D eigenvalue weighted by molar-refractivity contribution is 0.0697. The van der Waals surface area contributed by atoms with Gasteiger partial charge in [-0.2, -0.15) is 5.10 Å². The molecule has 0 aromatic carbocycles. The highest BCUT2D eigenvalue weighted by Gasteiger charge is 2.20. The Kier molecular flexibility index (Phi) is 2.70. The predicted octanol–water partition coefficient (Wildman–Crippen LogP) is 1.75. The summed E-state index contributed by atoms with van der Waals surface area (Å²) in [5, 5.41) is 16.3. The molecule has 1 aliphatic rings. The Labute approximate surface area is 110 Å². The summed E-state index contributed by atoms with van der Waals surface area (Å²) in [5.41, 5.74) is 2.99. The number of hydrogen-bond acceptors (Lipinski definition) is 4. The molecular weight excluding hydrogens is 244 g/mol. The second-order valence-electron chi connectivity index (χ2n) is 4.68.